The summed E-state index contributed by atoms with van der Waals surface area (Å²) in [5, 5.41) is 14.5. The number of furan rings is 1. The van der Waals surface area contributed by atoms with E-state index in [0.29, 0.717) is 11.4 Å². The second-order valence-corrected chi connectivity index (χ2v) is 9.49. The Kier molecular flexibility index (Phi) is 3.82. The summed E-state index contributed by atoms with van der Waals surface area (Å²) in [4.78, 5) is 19.4. The number of nitro benzene ring substituents is 1. The van der Waals surface area contributed by atoms with E-state index >= 15 is 0 Å². The van der Waals surface area contributed by atoms with Gasteiger partial charge in [-0.15, -0.1) is 0 Å². The van der Waals surface area contributed by atoms with Crippen LogP contribution < -0.4 is 0 Å². The highest BCUT2D eigenvalue weighted by Gasteiger charge is 2.30. The number of aryl methyl sites for hydroxylation is 2. The van der Waals surface area contributed by atoms with Gasteiger partial charge in [-0.25, -0.2) is 4.98 Å². The third-order valence-electron chi connectivity index (χ3n) is 7.01. The summed E-state index contributed by atoms with van der Waals surface area (Å²) in [6.07, 6.45) is 5.10. The van der Waals surface area contributed by atoms with Crippen molar-refractivity contribution < 1.29 is 9.34 Å². The Morgan fingerprint density at radius 3 is 2.84 bits per heavy atom. The second-order valence-electron chi connectivity index (χ2n) is 9.49. The molecule has 6 rings (SSSR count). The molecular weight excluding hydrogens is 402 g/mol. The van der Waals surface area contributed by atoms with Crippen LogP contribution in [0.3, 0.4) is 0 Å². The van der Waals surface area contributed by atoms with Crippen LogP contribution >= 0.6 is 0 Å². The highest BCUT2D eigenvalue weighted by molar-refractivity contribution is 6.23. The number of H-pyrrole nitrogens is 1. The topological polar surface area (TPSA) is 85.0 Å². The molecular formula is C26H23N3O3. The Morgan fingerprint density at radius 1 is 1.19 bits per heavy atom. The minimum atomic E-state index is -0.377. The van der Waals surface area contributed by atoms with Gasteiger partial charge in [-0.2, -0.15) is 0 Å². The Bertz CT molecular complexity index is 1570. The Balaban J connectivity index is 1.75. The lowest BCUT2D eigenvalue weighted by atomic mass is 9.71. The number of aromatic nitrogens is 2. The zero-order chi connectivity index (χ0) is 22.2. The zero-order valence-electron chi connectivity index (χ0n) is 18.3. The average molecular weight is 425 g/mol. The number of aromatic amines is 1. The van der Waals surface area contributed by atoms with Crippen LogP contribution in [0.2, 0.25) is 0 Å². The largest absolute Gasteiger partial charge is 0.463 e. The molecule has 0 saturated heterocycles. The van der Waals surface area contributed by atoms with Crippen LogP contribution in [0.25, 0.3) is 44.2 Å². The number of imidazole rings is 1. The third kappa shape index (κ3) is 2.55. The Labute approximate surface area is 184 Å². The van der Waals surface area contributed by atoms with Crippen LogP contribution in [0.4, 0.5) is 5.69 Å². The minimum Gasteiger partial charge on any atom is -0.463 e. The molecule has 1 aliphatic carbocycles. The molecule has 6 heteroatoms. The molecule has 1 aliphatic rings. The fourth-order valence-electron chi connectivity index (χ4n) is 5.43. The molecule has 0 bridgehead atoms. The van der Waals surface area contributed by atoms with E-state index in [4.69, 9.17) is 9.40 Å². The lowest BCUT2D eigenvalue weighted by Crippen LogP contribution is -2.23. The van der Waals surface area contributed by atoms with Gasteiger partial charge in [-0.05, 0) is 48.3 Å². The fourth-order valence-corrected chi connectivity index (χ4v) is 5.43. The first kappa shape index (κ1) is 19.0. The number of non-ortho nitro benzene ring substituents is 1. The molecule has 160 valence electrons. The van der Waals surface area contributed by atoms with E-state index < -0.39 is 0 Å². The quantitative estimate of drug-likeness (QED) is 0.245. The number of fused-ring (bicyclic) bond motifs is 8. The summed E-state index contributed by atoms with van der Waals surface area (Å²) in [6.45, 7) is 6.65. The first-order valence-electron chi connectivity index (χ1n) is 11.0. The monoisotopic (exact) mass is 425 g/mol. The molecule has 5 aromatic rings. The molecule has 0 aliphatic heterocycles. The molecule has 0 atom stereocenters. The molecule has 2 aromatic heterocycles. The molecule has 2 heterocycles. The maximum absolute atomic E-state index is 11.3. The maximum Gasteiger partial charge on any atom is 0.270 e. The van der Waals surface area contributed by atoms with Gasteiger partial charge in [0.25, 0.3) is 5.69 Å². The molecule has 0 spiro atoms. The van der Waals surface area contributed by atoms with Gasteiger partial charge in [-0.3, -0.25) is 10.1 Å². The number of nitrogens with one attached hydrogen (secondary N) is 1. The average Bonchev–Trinajstić information content (AvgIpc) is 3.37. The van der Waals surface area contributed by atoms with E-state index in [1.54, 1.807) is 18.4 Å². The molecule has 0 amide bonds. The van der Waals surface area contributed by atoms with Gasteiger partial charge in [0.15, 0.2) is 0 Å². The van der Waals surface area contributed by atoms with Gasteiger partial charge in [0.1, 0.15) is 11.4 Å². The molecule has 0 radical (unpaired) electrons. The highest BCUT2D eigenvalue weighted by Crippen LogP contribution is 2.45. The van der Waals surface area contributed by atoms with Crippen molar-refractivity contribution in [2.24, 2.45) is 0 Å². The van der Waals surface area contributed by atoms with Crippen molar-refractivity contribution in [1.82, 2.24) is 9.97 Å². The lowest BCUT2D eigenvalue weighted by molar-refractivity contribution is -0.384. The SMILES string of the molecule is Cc1coc2c3ccc4c(c3c3nc(-c5cccc([N+](=O)[O-])c5)[nH]c3c12)CCCC4(C)C. The van der Waals surface area contributed by atoms with E-state index in [-0.39, 0.29) is 16.0 Å². The highest BCUT2D eigenvalue weighted by atomic mass is 16.6. The van der Waals surface area contributed by atoms with Crippen molar-refractivity contribution in [2.45, 2.75) is 45.4 Å². The number of nitro groups is 1. The molecule has 3 aromatic carbocycles. The first-order chi connectivity index (χ1) is 15.3. The summed E-state index contributed by atoms with van der Waals surface area (Å²) in [5.74, 6) is 0.630. The Hall–Kier alpha value is -3.67. The molecule has 0 saturated carbocycles. The predicted molar refractivity (Wildman–Crippen MR) is 126 cm³/mol. The van der Waals surface area contributed by atoms with Crippen molar-refractivity contribution in [3.63, 3.8) is 0 Å². The molecule has 0 unspecified atom stereocenters. The standard InChI is InChI=1S/C26H23N3O3/c1-14-13-32-24-18-9-10-19-17(8-5-11-26(19,2)3)21(18)23-22(20(14)24)27-25(28-23)15-6-4-7-16(12-15)29(30)31/h4,6-7,9-10,12-13H,5,8,11H2,1-3H3,(H,27,28). The summed E-state index contributed by atoms with van der Waals surface area (Å²) >= 11 is 0. The normalized spacial score (nSPS) is 15.5. The number of nitrogens with zero attached hydrogens (tertiary/aromatic N) is 2. The van der Waals surface area contributed by atoms with Crippen LogP contribution in [-0.4, -0.2) is 14.9 Å². The van der Waals surface area contributed by atoms with E-state index in [0.717, 1.165) is 57.6 Å². The van der Waals surface area contributed by atoms with Crippen molar-refractivity contribution >= 4 is 38.5 Å². The lowest BCUT2D eigenvalue weighted by Gasteiger charge is -2.33. The van der Waals surface area contributed by atoms with Gasteiger partial charge < -0.3 is 9.40 Å². The minimum absolute atomic E-state index is 0.0524. The molecule has 6 nitrogen and oxygen atoms in total. The number of hydrogen-bond acceptors (Lipinski definition) is 4. The molecule has 1 N–H and O–H groups in total. The van der Waals surface area contributed by atoms with Gasteiger partial charge in [-0.1, -0.05) is 38.1 Å². The van der Waals surface area contributed by atoms with E-state index in [2.05, 4.69) is 31.0 Å². The molecule has 0 fully saturated rings. The smallest absolute Gasteiger partial charge is 0.270 e. The van der Waals surface area contributed by atoms with Crippen LogP contribution in [0.15, 0.2) is 47.1 Å². The van der Waals surface area contributed by atoms with Crippen LogP contribution in [-0.2, 0) is 11.8 Å². The van der Waals surface area contributed by atoms with E-state index in [9.17, 15) is 10.1 Å². The van der Waals surface area contributed by atoms with Crippen molar-refractivity contribution in [3.05, 3.63) is 69.5 Å². The molecule has 32 heavy (non-hydrogen) atoms. The van der Waals surface area contributed by atoms with Crippen LogP contribution in [0, 0.1) is 17.0 Å². The van der Waals surface area contributed by atoms with Crippen molar-refractivity contribution in [3.8, 4) is 11.4 Å². The first-order valence-corrected chi connectivity index (χ1v) is 11.0. The Morgan fingerprint density at radius 2 is 2.03 bits per heavy atom. The third-order valence-corrected chi connectivity index (χ3v) is 7.01. The van der Waals surface area contributed by atoms with Gasteiger partial charge in [0, 0.05) is 33.9 Å². The maximum atomic E-state index is 11.3. The van der Waals surface area contributed by atoms with E-state index in [1.807, 2.05) is 13.0 Å². The number of hydrogen-bond donors (Lipinski definition) is 1. The second kappa shape index (κ2) is 6.42. The van der Waals surface area contributed by atoms with Gasteiger partial charge in [0.05, 0.1) is 22.2 Å². The van der Waals surface area contributed by atoms with Crippen LogP contribution in [0.1, 0.15) is 43.4 Å². The summed E-state index contributed by atoms with van der Waals surface area (Å²) in [6, 6.07) is 11.0. The summed E-state index contributed by atoms with van der Waals surface area (Å²) in [5.41, 5.74) is 7.33. The number of rotatable bonds is 2. The number of benzene rings is 3. The summed E-state index contributed by atoms with van der Waals surface area (Å²) in [7, 11) is 0. The fraction of sp³-hybridized carbons (Fsp3) is 0.269. The van der Waals surface area contributed by atoms with Crippen molar-refractivity contribution in [2.75, 3.05) is 0 Å². The summed E-state index contributed by atoms with van der Waals surface area (Å²) < 4.78 is 6.04. The van der Waals surface area contributed by atoms with Gasteiger partial charge >= 0.3 is 0 Å². The zero-order valence-corrected chi connectivity index (χ0v) is 18.3. The van der Waals surface area contributed by atoms with Crippen LogP contribution in [0.5, 0.6) is 0 Å². The predicted octanol–water partition coefficient (Wildman–Crippen LogP) is 6.96. The van der Waals surface area contributed by atoms with Crippen molar-refractivity contribution in [1.29, 1.82) is 0 Å². The van der Waals surface area contributed by atoms with E-state index in [1.165, 1.54) is 17.2 Å². The van der Waals surface area contributed by atoms with Gasteiger partial charge in [0.2, 0.25) is 0 Å².